The normalized spacial score (nSPS) is 14.7. The number of aryl methyl sites for hydroxylation is 1. The lowest BCUT2D eigenvalue weighted by Crippen LogP contribution is -2.54. The zero-order chi connectivity index (χ0) is 29.4. The van der Waals surface area contributed by atoms with Crippen molar-refractivity contribution in [1.82, 2.24) is 10.2 Å². The minimum Gasteiger partial charge on any atom is -0.352 e. The van der Waals surface area contributed by atoms with Crippen molar-refractivity contribution in [3.8, 4) is 0 Å². The maximum absolute atomic E-state index is 14.1. The molecule has 0 aromatic heterocycles. The lowest BCUT2D eigenvalue weighted by molar-refractivity contribution is -0.140. The van der Waals surface area contributed by atoms with Crippen molar-refractivity contribution < 1.29 is 18.0 Å². The Morgan fingerprint density at radius 2 is 1.56 bits per heavy atom. The fourth-order valence-electron chi connectivity index (χ4n) is 5.21. The van der Waals surface area contributed by atoms with Gasteiger partial charge in [0.1, 0.15) is 12.6 Å². The Morgan fingerprint density at radius 1 is 0.927 bits per heavy atom. The summed E-state index contributed by atoms with van der Waals surface area (Å²) in [4.78, 5) is 29.3. The number of rotatable bonds is 11. The van der Waals surface area contributed by atoms with E-state index in [-0.39, 0.29) is 23.4 Å². The Labute approximate surface area is 248 Å². The van der Waals surface area contributed by atoms with Gasteiger partial charge in [0.05, 0.1) is 10.6 Å². The van der Waals surface area contributed by atoms with Crippen molar-refractivity contribution in [2.45, 2.75) is 75.9 Å². The fraction of sp³-hybridized carbons (Fsp3) is 0.375. The van der Waals surface area contributed by atoms with E-state index in [1.54, 1.807) is 66.7 Å². The first kappa shape index (κ1) is 30.6. The number of carbonyl (C=O) groups excluding carboxylic acids is 2. The van der Waals surface area contributed by atoms with Crippen molar-refractivity contribution in [3.05, 3.63) is 95.0 Å². The summed E-state index contributed by atoms with van der Waals surface area (Å²) in [7, 11) is -4.09. The van der Waals surface area contributed by atoms with Gasteiger partial charge in [-0.1, -0.05) is 85.8 Å². The smallest absolute Gasteiger partial charge is 0.264 e. The number of amides is 2. The number of benzene rings is 3. The second-order valence-electron chi connectivity index (χ2n) is 10.6. The molecule has 1 atom stereocenters. The lowest BCUT2D eigenvalue weighted by atomic mass is 9.95. The van der Waals surface area contributed by atoms with Crippen LogP contribution in [-0.2, 0) is 26.2 Å². The highest BCUT2D eigenvalue weighted by Gasteiger charge is 2.34. The molecule has 0 aliphatic heterocycles. The van der Waals surface area contributed by atoms with E-state index in [9.17, 15) is 18.0 Å². The summed E-state index contributed by atoms with van der Waals surface area (Å²) >= 11 is 6.10. The third-order valence-corrected chi connectivity index (χ3v) is 9.58. The molecule has 3 aromatic carbocycles. The van der Waals surface area contributed by atoms with E-state index < -0.39 is 28.5 Å². The van der Waals surface area contributed by atoms with Gasteiger partial charge in [0.25, 0.3) is 10.0 Å². The summed E-state index contributed by atoms with van der Waals surface area (Å²) in [6.07, 6.45) is 5.52. The molecule has 0 saturated heterocycles. The van der Waals surface area contributed by atoms with Gasteiger partial charge in [-0.2, -0.15) is 0 Å². The molecule has 0 heterocycles. The van der Waals surface area contributed by atoms with Crippen LogP contribution in [0.15, 0.2) is 83.8 Å². The van der Waals surface area contributed by atoms with Gasteiger partial charge in [0.2, 0.25) is 11.8 Å². The van der Waals surface area contributed by atoms with Gasteiger partial charge in [-0.3, -0.25) is 13.9 Å². The van der Waals surface area contributed by atoms with Crippen LogP contribution in [0.1, 0.15) is 56.6 Å². The molecule has 1 N–H and O–H groups in total. The quantitative estimate of drug-likeness (QED) is 0.290. The number of carbonyl (C=O) groups is 2. The van der Waals surface area contributed by atoms with Crippen LogP contribution in [0, 0.1) is 6.92 Å². The fourth-order valence-corrected chi connectivity index (χ4v) is 6.75. The highest BCUT2D eigenvalue weighted by Crippen LogP contribution is 2.25. The van der Waals surface area contributed by atoms with Crippen molar-refractivity contribution in [2.24, 2.45) is 0 Å². The zero-order valence-corrected chi connectivity index (χ0v) is 25.2. The van der Waals surface area contributed by atoms with E-state index in [1.165, 1.54) is 4.90 Å². The summed E-state index contributed by atoms with van der Waals surface area (Å²) in [5.74, 6) is -0.681. The van der Waals surface area contributed by atoms with Crippen LogP contribution >= 0.6 is 11.6 Å². The van der Waals surface area contributed by atoms with E-state index in [0.717, 1.165) is 47.5 Å². The molecule has 41 heavy (non-hydrogen) atoms. The molecule has 1 saturated carbocycles. The van der Waals surface area contributed by atoms with Crippen molar-refractivity contribution >= 4 is 39.1 Å². The van der Waals surface area contributed by atoms with Gasteiger partial charge >= 0.3 is 0 Å². The number of sulfonamides is 1. The highest BCUT2D eigenvalue weighted by atomic mass is 35.5. The van der Waals surface area contributed by atoms with E-state index in [2.05, 4.69) is 5.32 Å². The number of nitrogens with zero attached hydrogens (tertiary/aromatic N) is 2. The van der Waals surface area contributed by atoms with Gasteiger partial charge in [-0.05, 0) is 68.1 Å². The summed E-state index contributed by atoms with van der Waals surface area (Å²) < 4.78 is 28.9. The molecule has 218 valence electrons. The zero-order valence-electron chi connectivity index (χ0n) is 23.6. The predicted molar refractivity (Wildman–Crippen MR) is 163 cm³/mol. The number of hydrogen-bond donors (Lipinski definition) is 1. The van der Waals surface area contributed by atoms with Crippen LogP contribution in [0.2, 0.25) is 5.02 Å². The second kappa shape index (κ2) is 14.0. The Hall–Kier alpha value is -3.36. The molecule has 1 fully saturated rings. The molecular weight excluding hydrogens is 558 g/mol. The van der Waals surface area contributed by atoms with Crippen LogP contribution in [0.3, 0.4) is 0 Å². The highest BCUT2D eigenvalue weighted by molar-refractivity contribution is 7.92. The largest absolute Gasteiger partial charge is 0.352 e. The Morgan fingerprint density at radius 3 is 2.17 bits per heavy atom. The van der Waals surface area contributed by atoms with Crippen LogP contribution < -0.4 is 9.62 Å². The molecule has 2 amide bonds. The van der Waals surface area contributed by atoms with Gasteiger partial charge < -0.3 is 10.2 Å². The third kappa shape index (κ3) is 7.89. The van der Waals surface area contributed by atoms with Crippen LogP contribution in [-0.4, -0.2) is 43.8 Å². The van der Waals surface area contributed by atoms with E-state index in [4.69, 9.17) is 11.6 Å². The monoisotopic (exact) mass is 595 g/mol. The lowest BCUT2D eigenvalue weighted by Gasteiger charge is -2.34. The minimum absolute atomic E-state index is 0.0838. The number of halogens is 1. The van der Waals surface area contributed by atoms with Gasteiger partial charge in [0, 0.05) is 17.6 Å². The van der Waals surface area contributed by atoms with E-state index in [1.807, 2.05) is 26.0 Å². The number of anilines is 1. The number of hydrogen-bond acceptors (Lipinski definition) is 4. The first-order chi connectivity index (χ1) is 19.7. The summed E-state index contributed by atoms with van der Waals surface area (Å²) in [5.41, 5.74) is 2.09. The average molecular weight is 596 g/mol. The molecule has 1 aliphatic carbocycles. The number of nitrogens with one attached hydrogen (secondary N) is 1. The van der Waals surface area contributed by atoms with Crippen LogP contribution in [0.4, 0.5) is 5.69 Å². The van der Waals surface area contributed by atoms with Crippen LogP contribution in [0.25, 0.3) is 0 Å². The summed E-state index contributed by atoms with van der Waals surface area (Å²) in [6.45, 7) is 3.43. The summed E-state index contributed by atoms with van der Waals surface area (Å²) in [6, 6.07) is 21.5. The Bertz CT molecular complexity index is 1410. The maximum Gasteiger partial charge on any atom is 0.264 e. The van der Waals surface area contributed by atoms with E-state index >= 15 is 0 Å². The van der Waals surface area contributed by atoms with Crippen molar-refractivity contribution in [3.63, 3.8) is 0 Å². The molecule has 0 radical (unpaired) electrons. The Balaban J connectivity index is 1.68. The average Bonchev–Trinajstić information content (AvgIpc) is 2.98. The molecule has 1 aliphatic rings. The molecule has 4 rings (SSSR count). The summed E-state index contributed by atoms with van der Waals surface area (Å²) in [5, 5.41) is 3.72. The predicted octanol–water partition coefficient (Wildman–Crippen LogP) is 6.10. The van der Waals surface area contributed by atoms with Crippen LogP contribution in [0.5, 0.6) is 0 Å². The first-order valence-corrected chi connectivity index (χ1v) is 16.0. The minimum atomic E-state index is -4.09. The molecule has 7 nitrogen and oxygen atoms in total. The SMILES string of the molecule is CCC(C(=O)NC1CCCCC1)N(Cc1ccc(Cl)cc1)C(=O)CN(c1ccccc1)S(=O)(=O)c1ccc(C)cc1. The molecule has 1 unspecified atom stereocenters. The molecular formula is C32H38ClN3O4S. The first-order valence-electron chi connectivity index (χ1n) is 14.2. The molecule has 0 spiro atoms. The molecule has 3 aromatic rings. The van der Waals surface area contributed by atoms with Gasteiger partial charge in [0.15, 0.2) is 0 Å². The Kier molecular flexibility index (Phi) is 10.5. The van der Waals surface area contributed by atoms with Crippen molar-refractivity contribution in [2.75, 3.05) is 10.8 Å². The number of para-hydroxylation sites is 1. The molecule has 0 bridgehead atoms. The second-order valence-corrected chi connectivity index (χ2v) is 12.9. The third-order valence-electron chi connectivity index (χ3n) is 7.54. The van der Waals surface area contributed by atoms with E-state index in [0.29, 0.717) is 17.1 Å². The topological polar surface area (TPSA) is 86.8 Å². The standard InChI is InChI=1S/C32H38ClN3O4S/c1-3-30(32(38)34-27-10-6-4-7-11-27)35(22-25-16-18-26(33)19-17-25)31(37)23-36(28-12-8-5-9-13-28)41(39,40)29-20-14-24(2)15-21-29/h5,8-9,12-21,27,30H,3-4,6-7,10-11,22-23H2,1-2H3,(H,34,38). The van der Waals surface area contributed by atoms with Gasteiger partial charge in [-0.25, -0.2) is 8.42 Å². The van der Waals surface area contributed by atoms with Crippen molar-refractivity contribution in [1.29, 1.82) is 0 Å². The van der Waals surface area contributed by atoms with Gasteiger partial charge in [-0.15, -0.1) is 0 Å². The maximum atomic E-state index is 14.1. The molecule has 9 heteroatoms.